The highest BCUT2D eigenvalue weighted by Gasteiger charge is 2.13. The van der Waals surface area contributed by atoms with E-state index in [-0.39, 0.29) is 17.6 Å². The van der Waals surface area contributed by atoms with Gasteiger partial charge in [0.05, 0.1) is 5.75 Å². The van der Waals surface area contributed by atoms with Crippen molar-refractivity contribution in [2.45, 2.75) is 24.7 Å². The number of ether oxygens (including phenoxy) is 2. The molecule has 0 aliphatic carbocycles. The molecule has 27 heavy (non-hydrogen) atoms. The van der Waals surface area contributed by atoms with Crippen LogP contribution in [0.1, 0.15) is 19.8 Å². The minimum absolute atomic E-state index is 0.00370. The Hall–Kier alpha value is -2.67. The molecule has 7 heteroatoms. The molecule has 0 aromatic heterocycles. The summed E-state index contributed by atoms with van der Waals surface area (Å²) >= 11 is 1.41. The Labute approximate surface area is 162 Å². The van der Waals surface area contributed by atoms with Gasteiger partial charge in [0.2, 0.25) is 11.8 Å². The average molecular weight is 386 g/mol. The Bertz CT molecular complexity index is 825. The zero-order valence-corrected chi connectivity index (χ0v) is 15.9. The SMILES string of the molecule is CCCC(=O)Nc1cccc(SCC(=O)Nc2ccc3c(c2)OCCO3)c1. The van der Waals surface area contributed by atoms with E-state index in [4.69, 9.17) is 9.47 Å². The first kappa shape index (κ1) is 19.1. The number of hydrogen-bond donors (Lipinski definition) is 2. The second kappa shape index (κ2) is 9.32. The fraction of sp³-hybridized carbons (Fsp3) is 0.300. The lowest BCUT2D eigenvalue weighted by molar-refractivity contribution is -0.116. The number of amides is 2. The fourth-order valence-corrected chi connectivity index (χ4v) is 3.34. The summed E-state index contributed by atoms with van der Waals surface area (Å²) in [5, 5.41) is 5.72. The van der Waals surface area contributed by atoms with Crippen LogP contribution in [-0.4, -0.2) is 30.8 Å². The summed E-state index contributed by atoms with van der Waals surface area (Å²) in [6.45, 7) is 3.00. The van der Waals surface area contributed by atoms with Crippen molar-refractivity contribution in [1.29, 1.82) is 0 Å². The van der Waals surface area contributed by atoms with Crippen LogP contribution in [0.15, 0.2) is 47.4 Å². The number of anilines is 2. The third-order valence-electron chi connectivity index (χ3n) is 3.79. The lowest BCUT2D eigenvalue weighted by Crippen LogP contribution is -2.17. The standard InChI is InChI=1S/C20H22N2O4S/c1-2-4-19(23)21-14-5-3-6-16(11-14)27-13-20(24)22-15-7-8-17-18(12-15)26-10-9-25-17/h3,5-8,11-12H,2,4,9-10,13H2,1H3,(H,21,23)(H,22,24). The molecule has 0 saturated heterocycles. The van der Waals surface area contributed by atoms with Gasteiger partial charge in [-0.3, -0.25) is 9.59 Å². The zero-order chi connectivity index (χ0) is 19.1. The van der Waals surface area contributed by atoms with Crippen molar-refractivity contribution in [1.82, 2.24) is 0 Å². The van der Waals surface area contributed by atoms with E-state index in [1.807, 2.05) is 31.2 Å². The highest BCUT2D eigenvalue weighted by molar-refractivity contribution is 8.00. The molecule has 2 N–H and O–H groups in total. The van der Waals surface area contributed by atoms with Crippen molar-refractivity contribution < 1.29 is 19.1 Å². The van der Waals surface area contributed by atoms with Gasteiger partial charge < -0.3 is 20.1 Å². The maximum Gasteiger partial charge on any atom is 0.234 e. The van der Waals surface area contributed by atoms with Crippen molar-refractivity contribution >= 4 is 35.0 Å². The predicted octanol–water partition coefficient (Wildman–Crippen LogP) is 3.93. The lowest BCUT2D eigenvalue weighted by Gasteiger charge is -2.19. The molecular formula is C20H22N2O4S. The predicted molar refractivity (Wildman–Crippen MR) is 107 cm³/mol. The molecule has 2 amide bonds. The van der Waals surface area contributed by atoms with E-state index in [1.54, 1.807) is 18.2 Å². The number of benzene rings is 2. The molecule has 0 saturated carbocycles. The summed E-state index contributed by atoms with van der Waals surface area (Å²) in [6, 6.07) is 12.8. The number of carbonyl (C=O) groups is 2. The van der Waals surface area contributed by atoms with Crippen LogP contribution in [0.5, 0.6) is 11.5 Å². The van der Waals surface area contributed by atoms with E-state index in [1.165, 1.54) is 11.8 Å². The molecule has 142 valence electrons. The van der Waals surface area contributed by atoms with Gasteiger partial charge in [0.15, 0.2) is 11.5 Å². The molecule has 0 fully saturated rings. The van der Waals surface area contributed by atoms with Gasteiger partial charge in [0.1, 0.15) is 13.2 Å². The van der Waals surface area contributed by atoms with Gasteiger partial charge in [-0.25, -0.2) is 0 Å². The Morgan fingerprint density at radius 2 is 1.70 bits per heavy atom. The lowest BCUT2D eigenvalue weighted by atomic mass is 10.2. The maximum absolute atomic E-state index is 12.2. The molecule has 1 heterocycles. The summed E-state index contributed by atoms with van der Waals surface area (Å²) in [6.07, 6.45) is 1.30. The van der Waals surface area contributed by atoms with Crippen LogP contribution in [0, 0.1) is 0 Å². The summed E-state index contributed by atoms with van der Waals surface area (Å²) in [4.78, 5) is 24.8. The van der Waals surface area contributed by atoms with Gasteiger partial charge >= 0.3 is 0 Å². The molecule has 0 bridgehead atoms. The molecule has 1 aliphatic rings. The zero-order valence-electron chi connectivity index (χ0n) is 15.1. The van der Waals surface area contributed by atoms with Gasteiger partial charge in [-0.2, -0.15) is 0 Å². The van der Waals surface area contributed by atoms with Crippen molar-refractivity contribution in [2.24, 2.45) is 0 Å². The minimum Gasteiger partial charge on any atom is -0.486 e. The number of fused-ring (bicyclic) bond motifs is 1. The number of thioether (sulfide) groups is 1. The maximum atomic E-state index is 12.2. The van der Waals surface area contributed by atoms with E-state index in [9.17, 15) is 9.59 Å². The van der Waals surface area contributed by atoms with Crippen molar-refractivity contribution in [3.63, 3.8) is 0 Å². The van der Waals surface area contributed by atoms with Crippen LogP contribution in [0.3, 0.4) is 0 Å². The molecule has 0 radical (unpaired) electrons. The van der Waals surface area contributed by atoms with E-state index in [0.29, 0.717) is 36.8 Å². The molecule has 3 rings (SSSR count). The summed E-state index contributed by atoms with van der Waals surface area (Å²) in [5.74, 6) is 1.48. The Balaban J connectivity index is 1.52. The van der Waals surface area contributed by atoms with E-state index >= 15 is 0 Å². The van der Waals surface area contributed by atoms with Crippen LogP contribution < -0.4 is 20.1 Å². The molecule has 2 aromatic rings. The van der Waals surface area contributed by atoms with Crippen molar-refractivity contribution in [2.75, 3.05) is 29.6 Å². The van der Waals surface area contributed by atoms with Gasteiger partial charge in [-0.1, -0.05) is 13.0 Å². The number of rotatable bonds is 7. The van der Waals surface area contributed by atoms with Gasteiger partial charge in [-0.15, -0.1) is 11.8 Å². The third kappa shape index (κ3) is 5.65. The van der Waals surface area contributed by atoms with Crippen LogP contribution in [-0.2, 0) is 9.59 Å². The fourth-order valence-electron chi connectivity index (χ4n) is 2.58. The summed E-state index contributed by atoms with van der Waals surface area (Å²) in [7, 11) is 0. The molecule has 2 aromatic carbocycles. The molecular weight excluding hydrogens is 364 g/mol. The van der Waals surface area contributed by atoms with Gasteiger partial charge in [0, 0.05) is 28.8 Å². The highest BCUT2D eigenvalue weighted by atomic mass is 32.2. The number of carbonyl (C=O) groups excluding carboxylic acids is 2. The van der Waals surface area contributed by atoms with E-state index < -0.39 is 0 Å². The quantitative estimate of drug-likeness (QED) is 0.705. The third-order valence-corrected chi connectivity index (χ3v) is 4.78. The molecule has 6 nitrogen and oxygen atoms in total. The Kier molecular flexibility index (Phi) is 6.59. The van der Waals surface area contributed by atoms with Crippen LogP contribution >= 0.6 is 11.8 Å². The second-order valence-corrected chi connectivity index (χ2v) is 7.07. The van der Waals surface area contributed by atoms with Crippen molar-refractivity contribution in [3.8, 4) is 11.5 Å². The first-order valence-electron chi connectivity index (χ1n) is 8.86. The number of nitrogens with one attached hydrogen (secondary N) is 2. The normalized spacial score (nSPS) is 12.3. The van der Waals surface area contributed by atoms with Crippen LogP contribution in [0.25, 0.3) is 0 Å². The first-order chi connectivity index (χ1) is 13.1. The molecule has 1 aliphatic heterocycles. The Morgan fingerprint density at radius 1 is 0.963 bits per heavy atom. The monoisotopic (exact) mass is 386 g/mol. The summed E-state index contributed by atoms with van der Waals surface area (Å²) in [5.41, 5.74) is 1.41. The van der Waals surface area contributed by atoms with Crippen LogP contribution in [0.4, 0.5) is 11.4 Å². The smallest absolute Gasteiger partial charge is 0.234 e. The Morgan fingerprint density at radius 3 is 2.52 bits per heavy atom. The van der Waals surface area contributed by atoms with Gasteiger partial charge in [0.25, 0.3) is 0 Å². The largest absolute Gasteiger partial charge is 0.486 e. The molecule has 0 unspecified atom stereocenters. The number of hydrogen-bond acceptors (Lipinski definition) is 5. The van der Waals surface area contributed by atoms with E-state index in [0.717, 1.165) is 17.0 Å². The van der Waals surface area contributed by atoms with Gasteiger partial charge in [-0.05, 0) is 36.8 Å². The minimum atomic E-state index is -0.114. The molecule has 0 spiro atoms. The second-order valence-electron chi connectivity index (χ2n) is 6.02. The highest BCUT2D eigenvalue weighted by Crippen LogP contribution is 2.32. The average Bonchev–Trinajstić information content (AvgIpc) is 2.67. The van der Waals surface area contributed by atoms with Crippen LogP contribution in [0.2, 0.25) is 0 Å². The van der Waals surface area contributed by atoms with Crippen molar-refractivity contribution in [3.05, 3.63) is 42.5 Å². The first-order valence-corrected chi connectivity index (χ1v) is 9.85. The topological polar surface area (TPSA) is 76.7 Å². The van der Waals surface area contributed by atoms with E-state index in [2.05, 4.69) is 10.6 Å². The summed E-state index contributed by atoms with van der Waals surface area (Å²) < 4.78 is 11.0. The molecule has 0 atom stereocenters.